The minimum Gasteiger partial charge on any atom is -0.393 e. The molecule has 0 aliphatic heterocycles. The average molecular weight is 2110 g/mol. The second-order valence-electron chi connectivity index (χ2n) is 21.0. The summed E-state index contributed by atoms with van der Waals surface area (Å²) >= 11 is 0. The number of aliphatic hydroxyl groups excluding tert-OH is 2. The molecular formula is C74H74Ir5N11O2-5. The maximum Gasteiger partial charge on any atom is 0.137 e. The van der Waals surface area contributed by atoms with Crippen molar-refractivity contribution in [3.05, 3.63) is 285 Å². The van der Waals surface area contributed by atoms with E-state index in [0.29, 0.717) is 18.3 Å². The van der Waals surface area contributed by atoms with Crippen molar-refractivity contribution in [1.82, 2.24) is 53.2 Å². The zero-order valence-electron chi connectivity index (χ0n) is 52.5. The quantitative estimate of drug-likeness (QED) is 0.122. The van der Waals surface area contributed by atoms with E-state index in [1.165, 1.54) is 16.8 Å². The van der Waals surface area contributed by atoms with Gasteiger partial charge in [-0.15, -0.1) is 150 Å². The fourth-order valence-corrected chi connectivity index (χ4v) is 9.45. The number of benzene rings is 8. The molecule has 2 unspecified atom stereocenters. The molecule has 0 bridgehead atoms. The van der Waals surface area contributed by atoms with Gasteiger partial charge in [-0.25, -0.2) is 0 Å². The average Bonchev–Trinajstić information content (AvgIpc) is 1.56. The Bertz CT molecular complexity index is 4040. The third kappa shape index (κ3) is 22.7. The van der Waals surface area contributed by atoms with Crippen molar-refractivity contribution >= 4 is 11.0 Å². The third-order valence-corrected chi connectivity index (χ3v) is 13.4. The van der Waals surface area contributed by atoms with Crippen LogP contribution in [0, 0.1) is 37.3 Å². The SMILES string of the molecule is CC(C)c1cccc(C(C)C)c1-n1ccnc1-c1[c-]cccc1.CC(O)CC(C)O.Cc1nc(-c2[c-]cccc2)n(C)n1.Cn1ccnc1-c1[c-]cccc1.[Ir].[Ir].[Ir].[Ir].[Ir].[c-]1ccccc1-c1nc2ccccc2n1-c1ccccc1.[c-]1ccccc1-n1cccn1. The Morgan fingerprint density at radius 2 is 0.924 bits per heavy atom. The predicted octanol–water partition coefficient (Wildman–Crippen LogP) is 15.4. The molecule has 13 aromatic rings. The molecule has 0 saturated heterocycles. The van der Waals surface area contributed by atoms with Crippen molar-refractivity contribution in [2.24, 2.45) is 14.1 Å². The van der Waals surface area contributed by atoms with Crippen LogP contribution in [0.2, 0.25) is 0 Å². The van der Waals surface area contributed by atoms with E-state index in [4.69, 9.17) is 15.2 Å². The van der Waals surface area contributed by atoms with Crippen molar-refractivity contribution < 1.29 is 111 Å². The number of hydrogen-bond donors (Lipinski definition) is 2. The van der Waals surface area contributed by atoms with E-state index in [1.807, 2.05) is 202 Å². The van der Waals surface area contributed by atoms with E-state index in [-0.39, 0.29) is 113 Å². The second kappa shape index (κ2) is 41.0. The molecule has 0 aliphatic rings. The molecule has 0 spiro atoms. The Hall–Kier alpha value is -6.83. The van der Waals surface area contributed by atoms with Crippen LogP contribution in [-0.4, -0.2) is 75.6 Å². The van der Waals surface area contributed by atoms with Crippen molar-refractivity contribution in [3.8, 4) is 62.6 Å². The topological polar surface area (TPSA) is 142 Å². The summed E-state index contributed by atoms with van der Waals surface area (Å²) in [6, 6.07) is 82.2. The van der Waals surface area contributed by atoms with E-state index in [1.54, 1.807) is 35.6 Å². The first kappa shape index (κ1) is 79.4. The van der Waals surface area contributed by atoms with Gasteiger partial charge in [0.15, 0.2) is 0 Å². The monoisotopic (exact) mass is 2110 g/mol. The number of fused-ring (bicyclic) bond motifs is 1. The van der Waals surface area contributed by atoms with Crippen LogP contribution < -0.4 is 0 Å². The van der Waals surface area contributed by atoms with E-state index in [2.05, 4.69) is 141 Å². The van der Waals surface area contributed by atoms with Crippen molar-refractivity contribution in [1.29, 1.82) is 0 Å². The van der Waals surface area contributed by atoms with Gasteiger partial charge in [0, 0.05) is 163 Å². The van der Waals surface area contributed by atoms with Crippen LogP contribution in [-0.2, 0) is 115 Å². The fourth-order valence-electron chi connectivity index (χ4n) is 9.45. The Kier molecular flexibility index (Phi) is 35.4. The van der Waals surface area contributed by atoms with Gasteiger partial charge in [0.1, 0.15) is 5.82 Å². The number of nitrogens with zero attached hydrogens (tertiary/aromatic N) is 11. The van der Waals surface area contributed by atoms with E-state index >= 15 is 0 Å². The van der Waals surface area contributed by atoms with Gasteiger partial charge in [0.05, 0.1) is 46.5 Å². The molecule has 5 radical (unpaired) electrons. The van der Waals surface area contributed by atoms with Gasteiger partial charge in [0.25, 0.3) is 0 Å². The minimum atomic E-state index is -0.375. The largest absolute Gasteiger partial charge is 0.393 e. The molecule has 2 atom stereocenters. The van der Waals surface area contributed by atoms with Gasteiger partial charge >= 0.3 is 0 Å². The first-order chi connectivity index (χ1) is 42.3. The number of rotatable bonds is 11. The van der Waals surface area contributed by atoms with Crippen LogP contribution in [0.15, 0.2) is 237 Å². The number of hydrogen-bond acceptors (Lipinski definition) is 8. The smallest absolute Gasteiger partial charge is 0.137 e. The Morgan fingerprint density at radius 1 is 0.446 bits per heavy atom. The number of para-hydroxylation sites is 5. The van der Waals surface area contributed by atoms with Gasteiger partial charge in [-0.1, -0.05) is 76.2 Å². The van der Waals surface area contributed by atoms with Crippen molar-refractivity contribution in [3.63, 3.8) is 0 Å². The van der Waals surface area contributed by atoms with Crippen LogP contribution in [0.1, 0.15) is 76.8 Å². The fraction of sp³-hybridized carbons (Fsp3) is 0.189. The van der Waals surface area contributed by atoms with Gasteiger partial charge in [-0.05, 0) is 86.2 Å². The van der Waals surface area contributed by atoms with E-state index in [9.17, 15) is 0 Å². The summed E-state index contributed by atoms with van der Waals surface area (Å²) in [6.45, 7) is 14.2. The number of imidazole rings is 3. The zero-order valence-corrected chi connectivity index (χ0v) is 64.5. The summed E-state index contributed by atoms with van der Waals surface area (Å²) in [4.78, 5) is 17.9. The molecule has 8 aromatic carbocycles. The van der Waals surface area contributed by atoms with Crippen molar-refractivity contribution in [2.75, 3.05) is 0 Å². The maximum absolute atomic E-state index is 8.56. The van der Waals surface area contributed by atoms with Crippen molar-refractivity contribution in [2.45, 2.75) is 78.9 Å². The normalized spacial score (nSPS) is 10.7. The molecule has 0 amide bonds. The molecule has 487 valence electrons. The van der Waals surface area contributed by atoms with E-state index in [0.717, 1.165) is 73.8 Å². The molecule has 13 rings (SSSR count). The molecular weight excluding hydrogens is 2040 g/mol. The Morgan fingerprint density at radius 3 is 1.37 bits per heavy atom. The summed E-state index contributed by atoms with van der Waals surface area (Å²) in [5.41, 5.74) is 12.2. The first-order valence-corrected chi connectivity index (χ1v) is 29.0. The predicted molar refractivity (Wildman–Crippen MR) is 349 cm³/mol. The van der Waals surface area contributed by atoms with Gasteiger partial charge in [-0.2, -0.15) is 34.5 Å². The van der Waals surface area contributed by atoms with Crippen LogP contribution >= 0.6 is 0 Å². The van der Waals surface area contributed by atoms with Crippen LogP contribution in [0.4, 0.5) is 0 Å². The number of aromatic nitrogens is 11. The third-order valence-electron chi connectivity index (χ3n) is 13.4. The molecule has 13 nitrogen and oxygen atoms in total. The Labute approximate surface area is 609 Å². The zero-order chi connectivity index (χ0) is 61.5. The molecule has 5 heterocycles. The molecule has 0 saturated carbocycles. The number of aliphatic hydroxyl groups is 2. The molecule has 92 heavy (non-hydrogen) atoms. The number of aryl methyl sites for hydroxylation is 3. The summed E-state index contributed by atoms with van der Waals surface area (Å²) in [5, 5.41) is 25.4. The second-order valence-corrected chi connectivity index (χ2v) is 21.0. The van der Waals surface area contributed by atoms with Gasteiger partial charge in [0.2, 0.25) is 0 Å². The molecule has 2 N–H and O–H groups in total. The summed E-state index contributed by atoms with van der Waals surface area (Å²) in [7, 11) is 3.86. The van der Waals surface area contributed by atoms with Crippen LogP contribution in [0.3, 0.4) is 0 Å². The van der Waals surface area contributed by atoms with Crippen LogP contribution in [0.5, 0.6) is 0 Å². The van der Waals surface area contributed by atoms with Gasteiger partial charge < -0.3 is 23.9 Å². The molecule has 0 aliphatic carbocycles. The summed E-state index contributed by atoms with van der Waals surface area (Å²) < 4.78 is 9.92. The molecule has 5 aromatic heterocycles. The standard InChI is InChI=1S/C21H23N2.C19H13N2.C10H10N3.C10H9N2.C9H7N2.C5H12O2.5Ir/c1-15(2)18-11-8-12-19(16(3)4)20(18)23-14-13-22-21(23)17-9-6-5-7-10-17;1-3-9-15(10-4-1)19-20-17-13-7-8-14-18(17)21(19)16-11-5-2-6-12-16;1-8-11-10(13(2)12-8)9-6-4-3-5-7-9;1-12-8-7-11-10(12)9-5-3-2-4-6-9;1-2-5-9(6-3-1)11-8-4-7-10-11;1-4(6)3-5(2)7;;;;;/h5-9,11-16H,1-4H3;1-9,11-14H;3-6H,1-2H3;2-5,7-8H,1H3;1-5,7-8H;4-7H,3H2,1-2H3;;;;;/q5*-1;;;;;;. The van der Waals surface area contributed by atoms with E-state index < -0.39 is 0 Å². The Balaban J connectivity index is 0.000000296. The summed E-state index contributed by atoms with van der Waals surface area (Å²) in [6.07, 6.45) is 11.0. The summed E-state index contributed by atoms with van der Waals surface area (Å²) in [5.74, 6) is 5.38. The minimum absolute atomic E-state index is 0. The van der Waals surface area contributed by atoms with Crippen LogP contribution in [0.25, 0.3) is 73.6 Å². The maximum atomic E-state index is 8.56. The van der Waals surface area contributed by atoms with Gasteiger partial charge in [-0.3, -0.25) is 29.3 Å². The molecule has 0 fully saturated rings. The first-order valence-electron chi connectivity index (χ1n) is 29.0. The molecule has 18 heteroatoms.